The first-order valence-corrected chi connectivity index (χ1v) is 10.6. The van der Waals surface area contributed by atoms with Crippen molar-refractivity contribution in [1.82, 2.24) is 0 Å². The summed E-state index contributed by atoms with van der Waals surface area (Å²) in [5.74, 6) is -0.382. The van der Waals surface area contributed by atoms with Crippen LogP contribution in [0.3, 0.4) is 0 Å². The van der Waals surface area contributed by atoms with E-state index in [-0.39, 0.29) is 11.8 Å². The average Bonchev–Trinajstić information content (AvgIpc) is 2.84. The fourth-order valence-electron chi connectivity index (χ4n) is 3.99. The molecule has 0 aromatic heterocycles. The number of nitrogens with one attached hydrogen (secondary N) is 1. The zero-order valence-corrected chi connectivity index (χ0v) is 17.8. The predicted molar refractivity (Wildman–Crippen MR) is 128 cm³/mol. The summed E-state index contributed by atoms with van der Waals surface area (Å²) in [7, 11) is 0. The molecule has 4 nitrogen and oxygen atoms in total. The van der Waals surface area contributed by atoms with E-state index in [2.05, 4.69) is 17.4 Å². The number of anilines is 2. The maximum absolute atomic E-state index is 13.4. The second-order valence-electron chi connectivity index (χ2n) is 7.58. The standard InChI is InChI=1S/C27H19ClN2O2/c28-24-11-5-3-10-23(24)26(31)29-20-15-13-18(14-16-20)27(32)30-17-19-7-1-2-8-21(19)22-9-4-6-12-25(22)30/h1-16H,17H2,(H,29,31). The summed E-state index contributed by atoms with van der Waals surface area (Å²) >= 11 is 6.10. The molecule has 0 bridgehead atoms. The lowest BCUT2D eigenvalue weighted by Gasteiger charge is -2.31. The molecule has 0 saturated heterocycles. The van der Waals surface area contributed by atoms with Crippen LogP contribution in [0.2, 0.25) is 5.02 Å². The summed E-state index contributed by atoms with van der Waals surface area (Å²) in [6.45, 7) is 0.511. The van der Waals surface area contributed by atoms with Gasteiger partial charge >= 0.3 is 0 Å². The summed E-state index contributed by atoms with van der Waals surface area (Å²) in [5.41, 5.74) is 5.76. The second-order valence-corrected chi connectivity index (χ2v) is 7.98. The van der Waals surface area contributed by atoms with Crippen molar-refractivity contribution in [2.45, 2.75) is 6.54 Å². The third-order valence-corrected chi connectivity index (χ3v) is 5.91. The number of nitrogens with zero attached hydrogens (tertiary/aromatic N) is 1. The average molecular weight is 439 g/mol. The van der Waals surface area contributed by atoms with E-state index in [0.29, 0.717) is 28.4 Å². The molecule has 0 saturated carbocycles. The van der Waals surface area contributed by atoms with Gasteiger partial charge < -0.3 is 10.2 Å². The van der Waals surface area contributed by atoms with Crippen LogP contribution in [0.1, 0.15) is 26.3 Å². The summed E-state index contributed by atoms with van der Waals surface area (Å²) in [6.07, 6.45) is 0. The molecule has 1 heterocycles. The number of carbonyl (C=O) groups is 2. The SMILES string of the molecule is O=C(Nc1ccc(C(=O)N2Cc3ccccc3-c3ccccc32)cc1)c1ccccc1Cl. The van der Waals surface area contributed by atoms with Crippen LogP contribution in [-0.4, -0.2) is 11.8 Å². The van der Waals surface area contributed by atoms with Crippen LogP contribution < -0.4 is 10.2 Å². The minimum Gasteiger partial charge on any atom is -0.322 e. The number of benzene rings is 4. The van der Waals surface area contributed by atoms with Crippen molar-refractivity contribution in [3.63, 3.8) is 0 Å². The molecule has 5 rings (SSSR count). The van der Waals surface area contributed by atoms with Gasteiger partial charge in [-0.3, -0.25) is 9.59 Å². The summed E-state index contributed by atoms with van der Waals surface area (Å²) < 4.78 is 0. The van der Waals surface area contributed by atoms with Gasteiger partial charge in [0.05, 0.1) is 22.8 Å². The number of hydrogen-bond acceptors (Lipinski definition) is 2. The zero-order valence-electron chi connectivity index (χ0n) is 17.1. The number of para-hydroxylation sites is 1. The van der Waals surface area contributed by atoms with Crippen LogP contribution in [0.4, 0.5) is 11.4 Å². The van der Waals surface area contributed by atoms with Gasteiger partial charge in [-0.15, -0.1) is 0 Å². The Bertz CT molecular complexity index is 1330. The number of carbonyl (C=O) groups excluding carboxylic acids is 2. The molecule has 156 valence electrons. The van der Waals surface area contributed by atoms with Gasteiger partial charge in [-0.2, -0.15) is 0 Å². The van der Waals surface area contributed by atoms with Crippen molar-refractivity contribution < 1.29 is 9.59 Å². The first-order valence-electron chi connectivity index (χ1n) is 10.3. The smallest absolute Gasteiger partial charge is 0.258 e. The third-order valence-electron chi connectivity index (χ3n) is 5.58. The molecule has 0 fully saturated rings. The van der Waals surface area contributed by atoms with Gasteiger partial charge in [-0.1, -0.05) is 66.2 Å². The molecule has 0 radical (unpaired) electrons. The Kier molecular flexibility index (Phi) is 5.21. The van der Waals surface area contributed by atoms with Gasteiger partial charge in [-0.05, 0) is 53.6 Å². The molecular weight excluding hydrogens is 420 g/mol. The van der Waals surface area contributed by atoms with E-state index >= 15 is 0 Å². The van der Waals surface area contributed by atoms with Crippen molar-refractivity contribution in [2.24, 2.45) is 0 Å². The largest absolute Gasteiger partial charge is 0.322 e. The van der Waals surface area contributed by atoms with Crippen LogP contribution in [0.5, 0.6) is 0 Å². The molecule has 1 aliphatic heterocycles. The molecule has 1 aliphatic rings. The highest BCUT2D eigenvalue weighted by molar-refractivity contribution is 6.34. The van der Waals surface area contributed by atoms with E-state index in [1.54, 1.807) is 53.4 Å². The van der Waals surface area contributed by atoms with E-state index < -0.39 is 0 Å². The highest BCUT2D eigenvalue weighted by Crippen LogP contribution is 2.39. The lowest BCUT2D eigenvalue weighted by atomic mass is 9.93. The van der Waals surface area contributed by atoms with E-state index in [0.717, 1.165) is 22.4 Å². The van der Waals surface area contributed by atoms with Crippen molar-refractivity contribution in [3.05, 3.63) is 119 Å². The molecule has 4 aromatic carbocycles. The molecule has 0 aliphatic carbocycles. The summed E-state index contributed by atoms with van der Waals surface area (Å²) in [4.78, 5) is 27.7. The van der Waals surface area contributed by atoms with Crippen LogP contribution in [0.15, 0.2) is 97.1 Å². The van der Waals surface area contributed by atoms with Gasteiger partial charge in [0.25, 0.3) is 11.8 Å². The van der Waals surface area contributed by atoms with Crippen LogP contribution in [0, 0.1) is 0 Å². The molecule has 1 N–H and O–H groups in total. The Labute approximate surface area is 191 Å². The first-order chi connectivity index (χ1) is 15.6. The Morgan fingerprint density at radius 1 is 0.750 bits per heavy atom. The van der Waals surface area contributed by atoms with Gasteiger partial charge in [-0.25, -0.2) is 0 Å². The van der Waals surface area contributed by atoms with Gasteiger partial charge in [0, 0.05) is 16.8 Å². The molecule has 0 spiro atoms. The number of hydrogen-bond donors (Lipinski definition) is 1. The molecule has 5 heteroatoms. The minimum absolute atomic E-state index is 0.0871. The molecule has 0 unspecified atom stereocenters. The van der Waals surface area contributed by atoms with Gasteiger partial charge in [0.15, 0.2) is 0 Å². The topological polar surface area (TPSA) is 49.4 Å². The lowest BCUT2D eigenvalue weighted by molar-refractivity contribution is 0.0983. The van der Waals surface area contributed by atoms with Crippen LogP contribution in [0.25, 0.3) is 11.1 Å². The highest BCUT2D eigenvalue weighted by Gasteiger charge is 2.26. The normalized spacial score (nSPS) is 12.0. The molecule has 4 aromatic rings. The van der Waals surface area contributed by atoms with Gasteiger partial charge in [0.2, 0.25) is 0 Å². The quantitative estimate of drug-likeness (QED) is 0.401. The molecule has 0 atom stereocenters. The minimum atomic E-state index is -0.295. The first kappa shape index (κ1) is 20.0. The molecular formula is C27H19ClN2O2. The molecule has 32 heavy (non-hydrogen) atoms. The van der Waals surface area contributed by atoms with E-state index in [9.17, 15) is 9.59 Å². The van der Waals surface area contributed by atoms with E-state index in [1.165, 1.54) is 0 Å². The van der Waals surface area contributed by atoms with Crippen molar-refractivity contribution in [2.75, 3.05) is 10.2 Å². The lowest BCUT2D eigenvalue weighted by Crippen LogP contribution is -2.33. The fourth-order valence-corrected chi connectivity index (χ4v) is 4.21. The Morgan fingerprint density at radius 2 is 1.41 bits per heavy atom. The third kappa shape index (κ3) is 3.66. The fraction of sp³-hybridized carbons (Fsp3) is 0.0370. The number of amides is 2. The summed E-state index contributed by atoms with van der Waals surface area (Å²) in [5, 5.41) is 3.21. The maximum atomic E-state index is 13.4. The monoisotopic (exact) mass is 438 g/mol. The van der Waals surface area contributed by atoms with E-state index in [1.807, 2.05) is 36.4 Å². The zero-order chi connectivity index (χ0) is 22.1. The Morgan fingerprint density at radius 3 is 2.19 bits per heavy atom. The van der Waals surface area contributed by atoms with Crippen molar-refractivity contribution in [3.8, 4) is 11.1 Å². The summed E-state index contributed by atoms with van der Waals surface area (Å²) in [6, 6.07) is 29.9. The number of fused-ring (bicyclic) bond motifs is 3. The van der Waals surface area contributed by atoms with Crippen LogP contribution >= 0.6 is 11.6 Å². The Hall–Kier alpha value is -3.89. The molecule has 2 amide bonds. The predicted octanol–water partition coefficient (Wildman–Crippen LogP) is 6.42. The van der Waals surface area contributed by atoms with Crippen molar-refractivity contribution in [1.29, 1.82) is 0 Å². The second kappa shape index (κ2) is 8.33. The number of halogens is 1. The van der Waals surface area contributed by atoms with Crippen molar-refractivity contribution >= 4 is 34.8 Å². The van der Waals surface area contributed by atoms with E-state index in [4.69, 9.17) is 11.6 Å². The maximum Gasteiger partial charge on any atom is 0.258 e. The Balaban J connectivity index is 1.39. The number of rotatable bonds is 3. The van der Waals surface area contributed by atoms with Gasteiger partial charge in [0.1, 0.15) is 0 Å². The van der Waals surface area contributed by atoms with Crippen LogP contribution in [-0.2, 0) is 6.54 Å². The highest BCUT2D eigenvalue weighted by atomic mass is 35.5.